The molecule has 0 radical (unpaired) electrons. The van der Waals surface area contributed by atoms with E-state index in [2.05, 4.69) is 39.7 Å². The van der Waals surface area contributed by atoms with E-state index in [9.17, 15) is 9.59 Å². The standard InChI is InChI=1S/C26H29N7O2S/c1-32-9-11-33(12-10-32)25(35)15-4-6-18(7-5-15)28-26-29-19-8-13-36-22(19)24(31-26)30-21-17-3-2-16(14-17)20(21)23(27)34/h2-8,13,16-17,20-21H,9-12,14H2,1H3,(H2,27,34)(H2,28,29,30,31)/t16?,17?,20-,21+/m0/s1. The van der Waals surface area contributed by atoms with Crippen LogP contribution >= 0.6 is 11.3 Å². The summed E-state index contributed by atoms with van der Waals surface area (Å²) in [6.45, 7) is 3.27. The third kappa shape index (κ3) is 4.20. The summed E-state index contributed by atoms with van der Waals surface area (Å²) in [6, 6.07) is 9.31. The Morgan fingerprint density at radius 1 is 1.03 bits per heavy atom. The lowest BCUT2D eigenvalue weighted by molar-refractivity contribution is -0.122. The van der Waals surface area contributed by atoms with E-state index < -0.39 is 0 Å². The number of rotatable bonds is 6. The molecule has 10 heteroatoms. The van der Waals surface area contributed by atoms with E-state index in [-0.39, 0.29) is 35.6 Å². The molecule has 2 bridgehead atoms. The maximum absolute atomic E-state index is 12.8. The summed E-state index contributed by atoms with van der Waals surface area (Å²) in [4.78, 5) is 38.6. The van der Waals surface area contributed by atoms with Gasteiger partial charge in [0.05, 0.1) is 16.1 Å². The number of nitrogens with one attached hydrogen (secondary N) is 2. The number of carbonyl (C=O) groups excluding carboxylic acids is 2. The van der Waals surface area contributed by atoms with Gasteiger partial charge in [-0.05, 0) is 61.0 Å². The van der Waals surface area contributed by atoms with Gasteiger partial charge in [-0.3, -0.25) is 9.59 Å². The Balaban J connectivity index is 1.21. The van der Waals surface area contributed by atoms with Crippen molar-refractivity contribution in [1.29, 1.82) is 0 Å². The number of allylic oxidation sites excluding steroid dienone is 1. The molecule has 2 fully saturated rings. The van der Waals surface area contributed by atoms with Crippen molar-refractivity contribution in [2.75, 3.05) is 43.9 Å². The minimum Gasteiger partial charge on any atom is -0.369 e. The summed E-state index contributed by atoms with van der Waals surface area (Å²) in [5.41, 5.74) is 8.05. The highest BCUT2D eigenvalue weighted by Gasteiger charge is 2.47. The predicted molar refractivity (Wildman–Crippen MR) is 141 cm³/mol. The van der Waals surface area contributed by atoms with Gasteiger partial charge in [0.15, 0.2) is 0 Å². The predicted octanol–water partition coefficient (Wildman–Crippen LogP) is 2.91. The van der Waals surface area contributed by atoms with Gasteiger partial charge in [-0.2, -0.15) is 4.98 Å². The zero-order valence-corrected chi connectivity index (χ0v) is 20.9. The molecule has 0 spiro atoms. The quantitative estimate of drug-likeness (QED) is 0.443. The first-order valence-corrected chi connectivity index (χ1v) is 13.2. The molecule has 1 aromatic carbocycles. The number of nitrogens with zero attached hydrogens (tertiary/aromatic N) is 4. The lowest BCUT2D eigenvalue weighted by atomic mass is 9.88. The van der Waals surface area contributed by atoms with Gasteiger partial charge in [0.2, 0.25) is 11.9 Å². The summed E-state index contributed by atoms with van der Waals surface area (Å²) < 4.78 is 0.948. The third-order valence-electron chi connectivity index (χ3n) is 7.57. The van der Waals surface area contributed by atoms with Gasteiger partial charge in [0.25, 0.3) is 5.91 Å². The molecular weight excluding hydrogens is 474 g/mol. The van der Waals surface area contributed by atoms with Crippen molar-refractivity contribution in [3.8, 4) is 0 Å². The first kappa shape index (κ1) is 22.9. The second-order valence-electron chi connectivity index (χ2n) is 9.88. The molecule has 4 atom stereocenters. The van der Waals surface area contributed by atoms with Crippen molar-refractivity contribution in [3.05, 3.63) is 53.4 Å². The largest absolute Gasteiger partial charge is 0.369 e. The SMILES string of the molecule is CN1CCN(C(=O)c2ccc(Nc3nc(N[C@@H]4C5C=CC(C5)[C@@H]4C(N)=O)c4sccc4n3)cc2)CC1. The zero-order valence-electron chi connectivity index (χ0n) is 20.1. The van der Waals surface area contributed by atoms with Crippen LogP contribution < -0.4 is 16.4 Å². The van der Waals surface area contributed by atoms with Crippen LogP contribution in [0.4, 0.5) is 17.5 Å². The number of anilines is 3. The Morgan fingerprint density at radius 3 is 2.53 bits per heavy atom. The van der Waals surface area contributed by atoms with Crippen LogP contribution in [0.25, 0.3) is 10.2 Å². The molecule has 2 amide bonds. The fourth-order valence-electron chi connectivity index (χ4n) is 5.60. The second-order valence-corrected chi connectivity index (χ2v) is 10.8. The van der Waals surface area contributed by atoms with Gasteiger partial charge < -0.3 is 26.2 Å². The smallest absolute Gasteiger partial charge is 0.253 e. The number of nitrogens with two attached hydrogens (primary N) is 1. The molecule has 3 aliphatic rings. The lowest BCUT2D eigenvalue weighted by Crippen LogP contribution is -2.47. The van der Waals surface area contributed by atoms with Crippen LogP contribution in [0.1, 0.15) is 16.8 Å². The van der Waals surface area contributed by atoms with Crippen molar-refractivity contribution in [3.63, 3.8) is 0 Å². The molecule has 2 aromatic heterocycles. The minimum absolute atomic E-state index is 0.0565. The number of aromatic nitrogens is 2. The van der Waals surface area contributed by atoms with Crippen LogP contribution in [-0.2, 0) is 4.79 Å². The van der Waals surface area contributed by atoms with E-state index in [1.807, 2.05) is 40.6 Å². The highest BCUT2D eigenvalue weighted by molar-refractivity contribution is 7.17. The fraction of sp³-hybridized carbons (Fsp3) is 0.385. The molecule has 9 nitrogen and oxygen atoms in total. The first-order chi connectivity index (χ1) is 17.5. The number of hydrogen-bond donors (Lipinski definition) is 3. The lowest BCUT2D eigenvalue weighted by Gasteiger charge is -2.32. The molecule has 1 saturated heterocycles. The molecule has 4 N–H and O–H groups in total. The first-order valence-electron chi connectivity index (χ1n) is 12.3. The topological polar surface area (TPSA) is 116 Å². The van der Waals surface area contributed by atoms with Gasteiger partial charge in [0.1, 0.15) is 5.82 Å². The van der Waals surface area contributed by atoms with Crippen molar-refractivity contribution in [1.82, 2.24) is 19.8 Å². The van der Waals surface area contributed by atoms with Gasteiger partial charge in [-0.25, -0.2) is 4.98 Å². The third-order valence-corrected chi connectivity index (χ3v) is 8.48. The number of piperazine rings is 1. The van der Waals surface area contributed by atoms with Crippen molar-refractivity contribution >= 4 is 50.8 Å². The Kier molecular flexibility index (Phi) is 5.85. The van der Waals surface area contributed by atoms with Gasteiger partial charge in [0, 0.05) is 43.5 Å². The number of amides is 2. The number of benzene rings is 1. The molecule has 1 saturated carbocycles. The number of thiophene rings is 1. The summed E-state index contributed by atoms with van der Waals surface area (Å²) in [7, 11) is 2.07. The van der Waals surface area contributed by atoms with Gasteiger partial charge >= 0.3 is 0 Å². The molecule has 186 valence electrons. The van der Waals surface area contributed by atoms with Crippen LogP contribution in [-0.4, -0.2) is 70.9 Å². The van der Waals surface area contributed by atoms with E-state index in [1.165, 1.54) is 0 Å². The maximum Gasteiger partial charge on any atom is 0.253 e. The molecule has 36 heavy (non-hydrogen) atoms. The zero-order chi connectivity index (χ0) is 24.8. The number of carbonyl (C=O) groups is 2. The van der Waals surface area contributed by atoms with Crippen molar-refractivity contribution in [2.45, 2.75) is 12.5 Å². The van der Waals surface area contributed by atoms with Crippen LogP contribution in [0.5, 0.6) is 0 Å². The fourth-order valence-corrected chi connectivity index (χ4v) is 6.38. The highest BCUT2D eigenvalue weighted by atomic mass is 32.1. The second kappa shape index (κ2) is 9.18. The normalized spacial score (nSPS) is 25.4. The summed E-state index contributed by atoms with van der Waals surface area (Å²) in [6.07, 6.45) is 5.23. The Morgan fingerprint density at radius 2 is 1.78 bits per heavy atom. The molecule has 2 unspecified atom stereocenters. The van der Waals surface area contributed by atoms with Crippen molar-refractivity contribution < 1.29 is 9.59 Å². The monoisotopic (exact) mass is 503 g/mol. The van der Waals surface area contributed by atoms with Crippen LogP contribution in [0.2, 0.25) is 0 Å². The molecule has 3 aromatic rings. The highest BCUT2D eigenvalue weighted by Crippen LogP contribution is 2.45. The Hall–Kier alpha value is -3.50. The molecular formula is C26H29N7O2S. The van der Waals surface area contributed by atoms with Gasteiger partial charge in [-0.15, -0.1) is 11.3 Å². The maximum atomic E-state index is 12.8. The Labute approximate surface area is 213 Å². The number of likely N-dealkylation sites (N-methyl/N-ethyl adjacent to an activating group) is 1. The van der Waals surface area contributed by atoms with E-state index >= 15 is 0 Å². The van der Waals surface area contributed by atoms with Crippen LogP contribution in [0.3, 0.4) is 0 Å². The average Bonchev–Trinajstić information content (AvgIpc) is 3.61. The van der Waals surface area contributed by atoms with Gasteiger partial charge in [-0.1, -0.05) is 12.2 Å². The van der Waals surface area contributed by atoms with Crippen molar-refractivity contribution in [2.24, 2.45) is 23.5 Å². The van der Waals surface area contributed by atoms with E-state index in [4.69, 9.17) is 10.7 Å². The molecule has 6 rings (SSSR count). The van der Waals surface area contributed by atoms with E-state index in [0.717, 1.165) is 48.5 Å². The van der Waals surface area contributed by atoms with Crippen LogP contribution in [0.15, 0.2) is 47.9 Å². The number of hydrogen-bond acceptors (Lipinski definition) is 8. The van der Waals surface area contributed by atoms with E-state index in [0.29, 0.717) is 17.3 Å². The van der Waals surface area contributed by atoms with Crippen LogP contribution in [0, 0.1) is 17.8 Å². The molecule has 2 aliphatic carbocycles. The molecule has 3 heterocycles. The summed E-state index contributed by atoms with van der Waals surface area (Å²) >= 11 is 1.57. The van der Waals surface area contributed by atoms with E-state index in [1.54, 1.807) is 11.3 Å². The number of primary amides is 1. The summed E-state index contributed by atoms with van der Waals surface area (Å²) in [5.74, 6) is 1.15. The Bertz CT molecular complexity index is 1330. The minimum atomic E-state index is -0.273. The number of fused-ring (bicyclic) bond motifs is 3. The summed E-state index contributed by atoms with van der Waals surface area (Å²) in [5, 5.41) is 8.80. The average molecular weight is 504 g/mol. The molecule has 1 aliphatic heterocycles.